The van der Waals surface area contributed by atoms with Crippen LogP contribution in [0.5, 0.6) is 0 Å². The predicted octanol–water partition coefficient (Wildman–Crippen LogP) is 3.78. The van der Waals surface area contributed by atoms with E-state index in [0.29, 0.717) is 6.42 Å². The lowest BCUT2D eigenvalue weighted by Crippen LogP contribution is -2.51. The molecule has 7 nitrogen and oxygen atoms in total. The van der Waals surface area contributed by atoms with E-state index >= 15 is 0 Å². The summed E-state index contributed by atoms with van der Waals surface area (Å²) in [6.07, 6.45) is -0.387. The molecule has 0 bridgehead atoms. The molecule has 0 aliphatic carbocycles. The first kappa shape index (κ1) is 24.4. The number of thiophene rings is 1. The van der Waals surface area contributed by atoms with Crippen molar-refractivity contribution in [3.63, 3.8) is 0 Å². The Morgan fingerprint density at radius 1 is 1.10 bits per heavy atom. The zero-order valence-electron chi connectivity index (χ0n) is 18.4. The zero-order valence-corrected chi connectivity index (χ0v) is 19.2. The fourth-order valence-electron chi connectivity index (χ4n) is 2.88. The number of hydrogen-bond donors (Lipinski definition) is 1. The lowest BCUT2D eigenvalue weighted by atomic mass is 10.1. The molecule has 1 N–H and O–H groups in total. The highest BCUT2D eigenvalue weighted by atomic mass is 32.1. The van der Waals surface area contributed by atoms with Gasteiger partial charge >= 0.3 is 12.1 Å². The van der Waals surface area contributed by atoms with Gasteiger partial charge in [0, 0.05) is 17.8 Å². The second kappa shape index (κ2) is 11.5. The summed E-state index contributed by atoms with van der Waals surface area (Å²) < 4.78 is 10.4. The Morgan fingerprint density at radius 2 is 1.81 bits per heavy atom. The Balaban J connectivity index is 2.25. The molecule has 0 aliphatic rings. The van der Waals surface area contributed by atoms with Crippen LogP contribution in [0.25, 0.3) is 0 Å². The van der Waals surface area contributed by atoms with Gasteiger partial charge in [0.1, 0.15) is 18.2 Å². The number of rotatable bonds is 9. The molecule has 1 aromatic carbocycles. The molecule has 168 valence electrons. The zero-order chi connectivity index (χ0) is 22.9. The molecule has 8 heteroatoms. The van der Waals surface area contributed by atoms with E-state index in [0.717, 1.165) is 10.4 Å². The number of alkyl carbamates (subject to hydrolysis) is 1. The van der Waals surface area contributed by atoms with E-state index in [1.54, 1.807) is 27.7 Å². The van der Waals surface area contributed by atoms with Crippen molar-refractivity contribution >= 4 is 29.3 Å². The fraction of sp³-hybridized carbons (Fsp3) is 0.435. The van der Waals surface area contributed by atoms with E-state index < -0.39 is 23.7 Å². The molecule has 0 fully saturated rings. The highest BCUT2D eigenvalue weighted by Gasteiger charge is 2.30. The summed E-state index contributed by atoms with van der Waals surface area (Å²) in [7, 11) is 0. The summed E-state index contributed by atoms with van der Waals surface area (Å²) in [5, 5.41) is 4.59. The van der Waals surface area contributed by atoms with Crippen LogP contribution in [-0.2, 0) is 32.0 Å². The van der Waals surface area contributed by atoms with Crippen LogP contribution in [0.3, 0.4) is 0 Å². The van der Waals surface area contributed by atoms with E-state index in [1.807, 2.05) is 47.8 Å². The lowest BCUT2D eigenvalue weighted by Gasteiger charge is -2.28. The van der Waals surface area contributed by atoms with Gasteiger partial charge in [0.05, 0.1) is 6.61 Å². The van der Waals surface area contributed by atoms with Crippen molar-refractivity contribution in [3.8, 4) is 0 Å². The fourth-order valence-corrected chi connectivity index (χ4v) is 3.63. The molecule has 2 aromatic rings. The smallest absolute Gasteiger partial charge is 0.408 e. The van der Waals surface area contributed by atoms with Crippen LogP contribution in [0.1, 0.15) is 38.1 Å². The number of ether oxygens (including phenoxy) is 2. The van der Waals surface area contributed by atoms with Gasteiger partial charge in [-0.2, -0.15) is 0 Å². The molecule has 0 saturated heterocycles. The minimum Gasteiger partial charge on any atom is -0.465 e. The van der Waals surface area contributed by atoms with Crippen molar-refractivity contribution in [2.75, 3.05) is 13.2 Å². The molecule has 31 heavy (non-hydrogen) atoms. The highest BCUT2D eigenvalue weighted by molar-refractivity contribution is 7.09. The summed E-state index contributed by atoms with van der Waals surface area (Å²) in [5.41, 5.74) is 0.169. The van der Waals surface area contributed by atoms with E-state index in [4.69, 9.17) is 9.47 Å². The number of amides is 2. The second-order valence-electron chi connectivity index (χ2n) is 7.97. The summed E-state index contributed by atoms with van der Waals surface area (Å²) >= 11 is 1.49. The van der Waals surface area contributed by atoms with Crippen molar-refractivity contribution in [2.24, 2.45) is 0 Å². The first-order valence-corrected chi connectivity index (χ1v) is 11.1. The third kappa shape index (κ3) is 8.80. The molecule has 0 unspecified atom stereocenters. The molecule has 2 amide bonds. The second-order valence-corrected chi connectivity index (χ2v) is 9.00. The molecule has 1 aromatic heterocycles. The van der Waals surface area contributed by atoms with E-state index in [-0.39, 0.29) is 25.6 Å². The predicted molar refractivity (Wildman–Crippen MR) is 120 cm³/mol. The van der Waals surface area contributed by atoms with Crippen molar-refractivity contribution in [2.45, 2.75) is 52.3 Å². The van der Waals surface area contributed by atoms with E-state index in [1.165, 1.54) is 16.2 Å². The van der Waals surface area contributed by atoms with Crippen molar-refractivity contribution in [3.05, 3.63) is 58.3 Å². The van der Waals surface area contributed by atoms with Gasteiger partial charge in [-0.15, -0.1) is 11.3 Å². The minimum absolute atomic E-state index is 0.210. The standard InChI is InChI=1S/C23H30N2O5S/c1-5-29-20(26)16-25(15-17-10-7-6-8-11-17)21(27)19(14-18-12-9-13-31-18)24-22(28)30-23(2,3)4/h6-13,19H,5,14-16H2,1-4H3,(H,24,28)/t19-/m1/s1. The molecule has 2 rings (SSSR count). The SMILES string of the molecule is CCOC(=O)CN(Cc1ccccc1)C(=O)[C@@H](Cc1cccs1)NC(=O)OC(C)(C)C. The van der Waals surface area contributed by atoms with Crippen LogP contribution < -0.4 is 5.32 Å². The first-order chi connectivity index (χ1) is 14.7. The molecule has 1 atom stereocenters. The van der Waals surface area contributed by atoms with Crippen LogP contribution in [0, 0.1) is 0 Å². The van der Waals surface area contributed by atoms with Crippen LogP contribution in [0.4, 0.5) is 4.79 Å². The van der Waals surface area contributed by atoms with Gasteiger partial charge in [-0.1, -0.05) is 36.4 Å². The summed E-state index contributed by atoms with van der Waals surface area (Å²) in [5.74, 6) is -0.880. The Bertz CT molecular complexity index is 847. The van der Waals surface area contributed by atoms with Crippen LogP contribution >= 0.6 is 11.3 Å². The average molecular weight is 447 g/mol. The number of carbonyl (C=O) groups is 3. The highest BCUT2D eigenvalue weighted by Crippen LogP contribution is 2.15. The summed E-state index contributed by atoms with van der Waals surface area (Å²) in [6.45, 7) is 7.21. The number of nitrogens with zero attached hydrogens (tertiary/aromatic N) is 1. The maximum atomic E-state index is 13.5. The maximum absolute atomic E-state index is 13.5. The third-order valence-electron chi connectivity index (χ3n) is 4.13. The van der Waals surface area contributed by atoms with Gasteiger partial charge < -0.3 is 19.7 Å². The normalized spacial score (nSPS) is 12.0. The van der Waals surface area contributed by atoms with Gasteiger partial charge in [0.25, 0.3) is 0 Å². The maximum Gasteiger partial charge on any atom is 0.408 e. The number of carbonyl (C=O) groups excluding carboxylic acids is 3. The summed E-state index contributed by atoms with van der Waals surface area (Å²) in [4.78, 5) is 40.4. The van der Waals surface area contributed by atoms with Crippen molar-refractivity contribution in [1.82, 2.24) is 10.2 Å². The Morgan fingerprint density at radius 3 is 2.39 bits per heavy atom. The molecule has 0 radical (unpaired) electrons. The lowest BCUT2D eigenvalue weighted by molar-refractivity contribution is -0.150. The Kier molecular flexibility index (Phi) is 9.05. The van der Waals surface area contributed by atoms with Crippen molar-refractivity contribution in [1.29, 1.82) is 0 Å². The van der Waals surface area contributed by atoms with E-state index in [9.17, 15) is 14.4 Å². The van der Waals surface area contributed by atoms with Crippen LogP contribution in [0.2, 0.25) is 0 Å². The first-order valence-electron chi connectivity index (χ1n) is 10.2. The van der Waals surface area contributed by atoms with E-state index in [2.05, 4.69) is 5.32 Å². The molecule has 1 heterocycles. The van der Waals surface area contributed by atoms with Gasteiger partial charge in [-0.25, -0.2) is 4.79 Å². The largest absolute Gasteiger partial charge is 0.465 e. The number of nitrogens with one attached hydrogen (secondary N) is 1. The average Bonchev–Trinajstić information content (AvgIpc) is 3.19. The van der Waals surface area contributed by atoms with Crippen LogP contribution in [0.15, 0.2) is 47.8 Å². The van der Waals surface area contributed by atoms with Crippen LogP contribution in [-0.4, -0.2) is 47.7 Å². The van der Waals surface area contributed by atoms with Gasteiger partial charge in [-0.3, -0.25) is 9.59 Å². The molecular weight excluding hydrogens is 416 g/mol. The monoisotopic (exact) mass is 446 g/mol. The third-order valence-corrected chi connectivity index (χ3v) is 5.03. The topological polar surface area (TPSA) is 84.9 Å². The number of hydrogen-bond acceptors (Lipinski definition) is 6. The molecule has 0 saturated carbocycles. The Hall–Kier alpha value is -2.87. The summed E-state index contributed by atoms with van der Waals surface area (Å²) in [6, 6.07) is 12.3. The van der Waals surface area contributed by atoms with Gasteiger partial charge in [0.15, 0.2) is 0 Å². The van der Waals surface area contributed by atoms with Gasteiger partial charge in [0.2, 0.25) is 5.91 Å². The molecule has 0 spiro atoms. The van der Waals surface area contributed by atoms with Crippen molar-refractivity contribution < 1.29 is 23.9 Å². The quantitative estimate of drug-likeness (QED) is 0.593. The number of esters is 1. The number of benzene rings is 1. The van der Waals surface area contributed by atoms with Gasteiger partial charge in [-0.05, 0) is 44.7 Å². The molecule has 0 aliphatic heterocycles. The Labute approximate surface area is 187 Å². The minimum atomic E-state index is -0.883. The molecular formula is C23H30N2O5S.